The predicted octanol–water partition coefficient (Wildman–Crippen LogP) is 1.39. The van der Waals surface area contributed by atoms with Gasteiger partial charge in [-0.2, -0.15) is 4.98 Å². The quantitative estimate of drug-likeness (QED) is 0.520. The summed E-state index contributed by atoms with van der Waals surface area (Å²) >= 11 is 5.49. The van der Waals surface area contributed by atoms with Gasteiger partial charge in [-0.05, 0) is 6.42 Å². The van der Waals surface area contributed by atoms with Gasteiger partial charge in [-0.1, -0.05) is 5.16 Å². The van der Waals surface area contributed by atoms with Gasteiger partial charge in [0.2, 0.25) is 5.89 Å². The highest BCUT2D eigenvalue weighted by Gasteiger charge is 2.03. The summed E-state index contributed by atoms with van der Waals surface area (Å²) in [5.41, 5.74) is 0. The molecule has 4 nitrogen and oxygen atoms in total. The maximum Gasteiger partial charge on any atom is 0.226 e. The summed E-state index contributed by atoms with van der Waals surface area (Å²) in [6.07, 6.45) is 1.64. The van der Waals surface area contributed by atoms with Crippen molar-refractivity contribution in [3.63, 3.8) is 0 Å². The van der Waals surface area contributed by atoms with Gasteiger partial charge in [-0.15, -0.1) is 11.6 Å². The van der Waals surface area contributed by atoms with Gasteiger partial charge in [0.25, 0.3) is 0 Å². The van der Waals surface area contributed by atoms with Crippen molar-refractivity contribution in [2.75, 3.05) is 13.7 Å². The van der Waals surface area contributed by atoms with E-state index in [1.165, 1.54) is 0 Å². The van der Waals surface area contributed by atoms with Gasteiger partial charge in [-0.3, -0.25) is 0 Å². The van der Waals surface area contributed by atoms with Crippen molar-refractivity contribution in [3.05, 3.63) is 11.7 Å². The van der Waals surface area contributed by atoms with E-state index in [1.807, 2.05) is 0 Å². The molecule has 0 aliphatic carbocycles. The number of ether oxygens (including phenoxy) is 1. The van der Waals surface area contributed by atoms with E-state index >= 15 is 0 Å². The Balaban J connectivity index is 2.31. The Morgan fingerprint density at radius 1 is 1.58 bits per heavy atom. The largest absolute Gasteiger partial charge is 0.385 e. The van der Waals surface area contributed by atoms with E-state index in [4.69, 9.17) is 20.9 Å². The number of methoxy groups -OCH3 is 1. The molecular weight excluding hydrogens is 180 g/mol. The topological polar surface area (TPSA) is 48.2 Å². The first-order chi connectivity index (χ1) is 5.86. The molecule has 0 N–H and O–H groups in total. The van der Waals surface area contributed by atoms with E-state index in [2.05, 4.69) is 10.1 Å². The summed E-state index contributed by atoms with van der Waals surface area (Å²) in [6, 6.07) is 0. The van der Waals surface area contributed by atoms with Gasteiger partial charge >= 0.3 is 0 Å². The van der Waals surface area contributed by atoms with Crippen LogP contribution >= 0.6 is 11.6 Å². The minimum atomic E-state index is 0.299. The lowest BCUT2D eigenvalue weighted by molar-refractivity contribution is 0.192. The summed E-state index contributed by atoms with van der Waals surface area (Å²) in [7, 11) is 1.66. The second-order valence-corrected chi connectivity index (χ2v) is 2.60. The second-order valence-electron chi connectivity index (χ2n) is 2.33. The Kier molecular flexibility index (Phi) is 4.04. The Labute approximate surface area is 75.9 Å². The highest BCUT2D eigenvalue weighted by Crippen LogP contribution is 2.02. The van der Waals surface area contributed by atoms with Crippen molar-refractivity contribution in [1.82, 2.24) is 10.1 Å². The summed E-state index contributed by atoms with van der Waals surface area (Å²) in [5, 5.41) is 3.65. The number of halogens is 1. The first kappa shape index (κ1) is 9.48. The average molecular weight is 191 g/mol. The van der Waals surface area contributed by atoms with Crippen molar-refractivity contribution < 1.29 is 9.26 Å². The Hall–Kier alpha value is -0.610. The predicted molar refractivity (Wildman–Crippen MR) is 44.1 cm³/mol. The lowest BCUT2D eigenvalue weighted by Crippen LogP contribution is -1.92. The number of rotatable bonds is 5. The van der Waals surface area contributed by atoms with Crippen LogP contribution in [0.15, 0.2) is 4.52 Å². The maximum absolute atomic E-state index is 5.49. The zero-order chi connectivity index (χ0) is 8.81. The summed E-state index contributed by atoms with van der Waals surface area (Å²) in [6.45, 7) is 0.707. The van der Waals surface area contributed by atoms with Crippen LogP contribution in [-0.2, 0) is 17.0 Å². The van der Waals surface area contributed by atoms with Crippen LogP contribution in [0.4, 0.5) is 0 Å². The van der Waals surface area contributed by atoms with Crippen molar-refractivity contribution >= 4 is 11.6 Å². The van der Waals surface area contributed by atoms with E-state index in [1.54, 1.807) is 7.11 Å². The number of hydrogen-bond acceptors (Lipinski definition) is 4. The molecule has 0 atom stereocenters. The molecule has 1 heterocycles. The molecule has 0 radical (unpaired) electrons. The van der Waals surface area contributed by atoms with E-state index in [0.29, 0.717) is 24.2 Å². The molecule has 0 fully saturated rings. The Morgan fingerprint density at radius 2 is 2.42 bits per heavy atom. The lowest BCUT2D eigenvalue weighted by atomic mass is 10.3. The maximum atomic E-state index is 5.49. The van der Waals surface area contributed by atoms with Crippen molar-refractivity contribution in [3.8, 4) is 0 Å². The molecule has 68 valence electrons. The zero-order valence-electron chi connectivity index (χ0n) is 6.92. The van der Waals surface area contributed by atoms with E-state index in [-0.39, 0.29) is 0 Å². The van der Waals surface area contributed by atoms with Gasteiger partial charge in [0.15, 0.2) is 5.82 Å². The number of nitrogens with zero attached hydrogens (tertiary/aromatic N) is 2. The van der Waals surface area contributed by atoms with Crippen LogP contribution in [0.3, 0.4) is 0 Å². The molecule has 0 aromatic carbocycles. The molecule has 1 aromatic rings. The van der Waals surface area contributed by atoms with Gasteiger partial charge in [-0.25, -0.2) is 0 Å². The van der Waals surface area contributed by atoms with Crippen LogP contribution in [-0.4, -0.2) is 23.9 Å². The standard InChI is InChI=1S/C7H11ClN2O2/c1-11-4-2-3-7-9-6(5-8)10-12-7/h2-5H2,1H3. The average Bonchev–Trinajstić information content (AvgIpc) is 2.53. The number of hydrogen-bond donors (Lipinski definition) is 0. The normalized spacial score (nSPS) is 10.5. The minimum Gasteiger partial charge on any atom is -0.385 e. The lowest BCUT2D eigenvalue weighted by Gasteiger charge is -1.92. The monoisotopic (exact) mass is 190 g/mol. The molecule has 0 bridgehead atoms. The smallest absolute Gasteiger partial charge is 0.226 e. The molecule has 0 amide bonds. The van der Waals surface area contributed by atoms with Gasteiger partial charge < -0.3 is 9.26 Å². The van der Waals surface area contributed by atoms with Crippen LogP contribution in [0.2, 0.25) is 0 Å². The summed E-state index contributed by atoms with van der Waals surface area (Å²) < 4.78 is 9.78. The minimum absolute atomic E-state index is 0.299. The number of aromatic nitrogens is 2. The van der Waals surface area contributed by atoms with Crippen molar-refractivity contribution in [2.24, 2.45) is 0 Å². The first-order valence-electron chi connectivity index (χ1n) is 3.73. The van der Waals surface area contributed by atoms with Crippen LogP contribution in [0, 0.1) is 0 Å². The highest BCUT2D eigenvalue weighted by molar-refractivity contribution is 6.16. The summed E-state index contributed by atoms with van der Waals surface area (Å²) in [5.74, 6) is 1.47. The summed E-state index contributed by atoms with van der Waals surface area (Å²) in [4.78, 5) is 4.04. The van der Waals surface area contributed by atoms with Crippen LogP contribution in [0.1, 0.15) is 18.1 Å². The molecule has 0 saturated carbocycles. The fourth-order valence-electron chi connectivity index (χ4n) is 0.814. The highest BCUT2D eigenvalue weighted by atomic mass is 35.5. The second kappa shape index (κ2) is 5.11. The molecule has 1 aromatic heterocycles. The molecule has 5 heteroatoms. The molecule has 1 rings (SSSR count). The van der Waals surface area contributed by atoms with Crippen molar-refractivity contribution in [1.29, 1.82) is 0 Å². The molecule has 0 spiro atoms. The Morgan fingerprint density at radius 3 is 3.00 bits per heavy atom. The first-order valence-corrected chi connectivity index (χ1v) is 4.26. The molecule has 0 aliphatic rings. The van der Waals surface area contributed by atoms with E-state index < -0.39 is 0 Å². The third-order valence-corrected chi connectivity index (χ3v) is 1.61. The zero-order valence-corrected chi connectivity index (χ0v) is 7.67. The number of aryl methyl sites for hydroxylation is 1. The van der Waals surface area contributed by atoms with Gasteiger partial charge in [0, 0.05) is 20.1 Å². The molecule has 0 aliphatic heterocycles. The van der Waals surface area contributed by atoms with Crippen LogP contribution < -0.4 is 0 Å². The number of alkyl halides is 1. The SMILES string of the molecule is COCCCc1nc(CCl)no1. The molecule has 0 unspecified atom stereocenters. The third-order valence-electron chi connectivity index (χ3n) is 1.37. The molecule has 12 heavy (non-hydrogen) atoms. The molecular formula is C7H11ClN2O2. The molecule has 0 saturated heterocycles. The van der Waals surface area contributed by atoms with Crippen LogP contribution in [0.5, 0.6) is 0 Å². The third kappa shape index (κ3) is 2.79. The Bertz CT molecular complexity index is 227. The fourth-order valence-corrected chi connectivity index (χ4v) is 0.922. The van der Waals surface area contributed by atoms with Gasteiger partial charge in [0.05, 0.1) is 5.88 Å². The fraction of sp³-hybridized carbons (Fsp3) is 0.714. The van der Waals surface area contributed by atoms with E-state index in [0.717, 1.165) is 12.8 Å². The van der Waals surface area contributed by atoms with Crippen LogP contribution in [0.25, 0.3) is 0 Å². The van der Waals surface area contributed by atoms with E-state index in [9.17, 15) is 0 Å². The van der Waals surface area contributed by atoms with Gasteiger partial charge in [0.1, 0.15) is 0 Å². The van der Waals surface area contributed by atoms with Crippen molar-refractivity contribution in [2.45, 2.75) is 18.7 Å².